The van der Waals surface area contributed by atoms with Gasteiger partial charge in [0.15, 0.2) is 0 Å². The molecule has 0 bridgehead atoms. The van der Waals surface area contributed by atoms with Gasteiger partial charge in [-0.1, -0.05) is 0 Å². The maximum atomic E-state index is 12.1. The highest BCUT2D eigenvalue weighted by atomic mass is 19.1. The topological polar surface area (TPSA) is 37.3 Å². The lowest BCUT2D eigenvalue weighted by molar-refractivity contribution is 0.112. The molecule has 0 radical (unpaired) electrons. The van der Waals surface area contributed by atoms with Crippen LogP contribution in [0.4, 0.5) is 4.39 Å². The summed E-state index contributed by atoms with van der Waals surface area (Å²) in [5, 5.41) is 8.88. The minimum absolute atomic E-state index is 0.0248. The molecule has 0 aliphatic carbocycles. The van der Waals surface area contributed by atoms with E-state index in [4.69, 9.17) is 5.11 Å². The van der Waals surface area contributed by atoms with Gasteiger partial charge < -0.3 is 5.11 Å². The van der Waals surface area contributed by atoms with E-state index in [9.17, 15) is 9.18 Å². The SMILES string of the molecule is O=Cc1ccc(O)cc1CF. The molecule has 0 saturated carbocycles. The number of aldehydes is 1. The van der Waals surface area contributed by atoms with Crippen LogP contribution in [-0.2, 0) is 6.67 Å². The van der Waals surface area contributed by atoms with Crippen LogP contribution < -0.4 is 0 Å². The first-order chi connectivity index (χ1) is 5.27. The first-order valence-electron chi connectivity index (χ1n) is 3.11. The van der Waals surface area contributed by atoms with Gasteiger partial charge in [-0.05, 0) is 23.8 Å². The second kappa shape index (κ2) is 3.14. The van der Waals surface area contributed by atoms with Crippen molar-refractivity contribution < 1.29 is 14.3 Å². The summed E-state index contributed by atoms with van der Waals surface area (Å²) in [5.41, 5.74) is 0.505. The molecule has 0 fully saturated rings. The molecule has 1 rings (SSSR count). The summed E-state index contributed by atoms with van der Waals surface area (Å²) < 4.78 is 12.1. The minimum Gasteiger partial charge on any atom is -0.508 e. The number of halogens is 1. The van der Waals surface area contributed by atoms with Crippen LogP contribution in [0.15, 0.2) is 18.2 Å². The number of hydrogen-bond donors (Lipinski definition) is 1. The molecule has 0 saturated heterocycles. The van der Waals surface area contributed by atoms with Gasteiger partial charge in [0.2, 0.25) is 0 Å². The molecule has 0 aromatic heterocycles. The van der Waals surface area contributed by atoms with E-state index in [1.54, 1.807) is 0 Å². The van der Waals surface area contributed by atoms with Crippen LogP contribution >= 0.6 is 0 Å². The van der Waals surface area contributed by atoms with Crippen molar-refractivity contribution >= 4 is 6.29 Å². The van der Waals surface area contributed by atoms with Crippen molar-refractivity contribution in [3.8, 4) is 5.75 Å². The van der Waals surface area contributed by atoms with Gasteiger partial charge in [-0.15, -0.1) is 0 Å². The third-order valence-electron chi connectivity index (χ3n) is 1.40. The number of hydrogen-bond acceptors (Lipinski definition) is 2. The van der Waals surface area contributed by atoms with E-state index in [2.05, 4.69) is 0 Å². The Morgan fingerprint density at radius 1 is 1.55 bits per heavy atom. The first-order valence-corrected chi connectivity index (χ1v) is 3.11. The molecular weight excluding hydrogens is 147 g/mol. The average Bonchev–Trinajstić information content (AvgIpc) is 2.04. The van der Waals surface area contributed by atoms with E-state index in [-0.39, 0.29) is 16.9 Å². The predicted octanol–water partition coefficient (Wildman–Crippen LogP) is 1.67. The largest absolute Gasteiger partial charge is 0.508 e. The van der Waals surface area contributed by atoms with Crippen molar-refractivity contribution in [2.24, 2.45) is 0 Å². The van der Waals surface area contributed by atoms with Gasteiger partial charge in [-0.2, -0.15) is 0 Å². The van der Waals surface area contributed by atoms with Crippen molar-refractivity contribution in [2.75, 3.05) is 0 Å². The average molecular weight is 154 g/mol. The van der Waals surface area contributed by atoms with Crippen LogP contribution in [-0.4, -0.2) is 11.4 Å². The van der Waals surface area contributed by atoms with Gasteiger partial charge in [0.25, 0.3) is 0 Å². The van der Waals surface area contributed by atoms with Gasteiger partial charge in [0.1, 0.15) is 18.7 Å². The number of alkyl halides is 1. The maximum Gasteiger partial charge on any atom is 0.150 e. The third kappa shape index (κ3) is 1.55. The molecule has 0 aliphatic heterocycles. The highest BCUT2D eigenvalue weighted by molar-refractivity contribution is 5.77. The predicted molar refractivity (Wildman–Crippen MR) is 38.3 cm³/mol. The van der Waals surface area contributed by atoms with E-state index >= 15 is 0 Å². The fraction of sp³-hybridized carbons (Fsp3) is 0.125. The Kier molecular flexibility index (Phi) is 2.21. The first kappa shape index (κ1) is 7.72. The van der Waals surface area contributed by atoms with E-state index in [0.29, 0.717) is 6.29 Å². The summed E-state index contributed by atoms with van der Waals surface area (Å²) in [6, 6.07) is 3.98. The summed E-state index contributed by atoms with van der Waals surface area (Å²) in [4.78, 5) is 10.2. The maximum absolute atomic E-state index is 12.1. The lowest BCUT2D eigenvalue weighted by atomic mass is 10.1. The normalized spacial score (nSPS) is 9.55. The smallest absolute Gasteiger partial charge is 0.150 e. The van der Waals surface area contributed by atoms with Crippen LogP contribution in [0.1, 0.15) is 15.9 Å². The van der Waals surface area contributed by atoms with Crippen molar-refractivity contribution in [3.63, 3.8) is 0 Å². The van der Waals surface area contributed by atoms with Crippen LogP contribution in [0, 0.1) is 0 Å². The van der Waals surface area contributed by atoms with Gasteiger partial charge in [-0.25, -0.2) is 4.39 Å². The number of phenols is 1. The fourth-order valence-electron chi connectivity index (χ4n) is 0.823. The van der Waals surface area contributed by atoms with Crippen LogP contribution in [0.25, 0.3) is 0 Å². The molecule has 0 heterocycles. The minimum atomic E-state index is -0.734. The Morgan fingerprint density at radius 2 is 2.27 bits per heavy atom. The van der Waals surface area contributed by atoms with Crippen molar-refractivity contribution in [3.05, 3.63) is 29.3 Å². The molecular formula is C8H7FO2. The molecule has 0 atom stereocenters. The molecule has 1 aromatic carbocycles. The van der Waals surface area contributed by atoms with Gasteiger partial charge in [0, 0.05) is 5.56 Å². The van der Waals surface area contributed by atoms with E-state index in [0.717, 1.165) is 0 Å². The zero-order valence-corrected chi connectivity index (χ0v) is 5.75. The summed E-state index contributed by atoms with van der Waals surface area (Å²) in [6.07, 6.45) is 0.564. The van der Waals surface area contributed by atoms with Crippen molar-refractivity contribution in [1.82, 2.24) is 0 Å². The van der Waals surface area contributed by atoms with Crippen LogP contribution in [0.3, 0.4) is 0 Å². The van der Waals surface area contributed by atoms with E-state index < -0.39 is 6.67 Å². The molecule has 2 nitrogen and oxygen atoms in total. The lowest BCUT2D eigenvalue weighted by Gasteiger charge is -1.98. The molecule has 1 N–H and O–H groups in total. The Balaban J connectivity index is 3.16. The van der Waals surface area contributed by atoms with Gasteiger partial charge >= 0.3 is 0 Å². The molecule has 0 amide bonds. The second-order valence-electron chi connectivity index (χ2n) is 2.13. The molecule has 0 aliphatic rings. The number of benzene rings is 1. The number of carbonyl (C=O) groups excluding carboxylic acids is 1. The standard InChI is InChI=1S/C8H7FO2/c9-4-7-3-8(11)2-1-6(7)5-10/h1-3,5,11H,4H2. The number of phenolic OH excluding ortho intramolecular Hbond substituents is 1. The zero-order valence-electron chi connectivity index (χ0n) is 5.75. The molecule has 58 valence electrons. The third-order valence-corrected chi connectivity index (χ3v) is 1.40. The highest BCUT2D eigenvalue weighted by Gasteiger charge is 2.00. The number of rotatable bonds is 2. The number of carbonyl (C=O) groups is 1. The Labute approximate surface area is 63.3 Å². The molecule has 1 aromatic rings. The van der Waals surface area contributed by atoms with E-state index in [1.807, 2.05) is 0 Å². The molecule has 11 heavy (non-hydrogen) atoms. The zero-order chi connectivity index (χ0) is 8.27. The Hall–Kier alpha value is -1.38. The molecule has 0 unspecified atom stereocenters. The Morgan fingerprint density at radius 3 is 2.82 bits per heavy atom. The second-order valence-corrected chi connectivity index (χ2v) is 2.13. The quantitative estimate of drug-likeness (QED) is 0.658. The van der Waals surface area contributed by atoms with Gasteiger partial charge in [0.05, 0.1) is 0 Å². The summed E-state index contributed by atoms with van der Waals surface area (Å²) in [5.74, 6) is -0.0248. The van der Waals surface area contributed by atoms with Gasteiger partial charge in [-0.3, -0.25) is 4.79 Å². The van der Waals surface area contributed by atoms with Crippen LogP contribution in [0.5, 0.6) is 5.75 Å². The van der Waals surface area contributed by atoms with Crippen molar-refractivity contribution in [1.29, 1.82) is 0 Å². The van der Waals surface area contributed by atoms with Crippen molar-refractivity contribution in [2.45, 2.75) is 6.67 Å². The lowest BCUT2D eigenvalue weighted by Crippen LogP contribution is -1.88. The molecule has 3 heteroatoms. The number of aromatic hydroxyl groups is 1. The summed E-state index contributed by atoms with van der Waals surface area (Å²) in [7, 11) is 0. The van der Waals surface area contributed by atoms with E-state index in [1.165, 1.54) is 18.2 Å². The molecule has 0 spiro atoms. The van der Waals surface area contributed by atoms with Crippen LogP contribution in [0.2, 0.25) is 0 Å². The summed E-state index contributed by atoms with van der Waals surface area (Å²) in [6.45, 7) is -0.734. The Bertz CT molecular complexity index is 271. The monoisotopic (exact) mass is 154 g/mol. The summed E-state index contributed by atoms with van der Waals surface area (Å²) >= 11 is 0. The highest BCUT2D eigenvalue weighted by Crippen LogP contribution is 2.15. The fourth-order valence-corrected chi connectivity index (χ4v) is 0.823.